The molecule has 0 amide bonds. The molecule has 0 aliphatic heterocycles. The molecule has 3 aromatic heterocycles. The van der Waals surface area contributed by atoms with Crippen molar-refractivity contribution in [3.63, 3.8) is 0 Å². The lowest BCUT2D eigenvalue weighted by atomic mass is 10.1. The van der Waals surface area contributed by atoms with Gasteiger partial charge in [0, 0.05) is 49.0 Å². The van der Waals surface area contributed by atoms with E-state index >= 15 is 0 Å². The standard InChI is InChI=1S/C21H29N7OS/c1-15-18(11-17-12-22-9-10-23-17)20(29)27-21(25-15)24-8-6-4-5-7-16-14-30-19(26-16)13-28(2)3/h9-10,12,14H,4-8,11,13H2,1-3H3,(H2,24,25,27,29). The van der Waals surface area contributed by atoms with Crippen LogP contribution < -0.4 is 10.9 Å². The van der Waals surface area contributed by atoms with E-state index in [4.69, 9.17) is 0 Å². The van der Waals surface area contributed by atoms with E-state index in [1.165, 1.54) is 10.7 Å². The summed E-state index contributed by atoms with van der Waals surface area (Å²) in [6.07, 6.45) is 9.56. The number of nitrogens with one attached hydrogen (secondary N) is 2. The molecule has 160 valence electrons. The molecule has 3 heterocycles. The van der Waals surface area contributed by atoms with E-state index in [1.807, 2.05) is 6.92 Å². The number of anilines is 1. The molecule has 0 bridgehead atoms. The predicted octanol–water partition coefficient (Wildman–Crippen LogP) is 2.80. The minimum Gasteiger partial charge on any atom is -0.356 e. The second-order valence-electron chi connectivity index (χ2n) is 7.56. The summed E-state index contributed by atoms with van der Waals surface area (Å²) in [5, 5.41) is 6.56. The number of hydrogen-bond donors (Lipinski definition) is 2. The van der Waals surface area contributed by atoms with Crippen molar-refractivity contribution in [1.82, 2.24) is 29.8 Å². The second-order valence-corrected chi connectivity index (χ2v) is 8.50. The third kappa shape index (κ3) is 6.70. The Balaban J connectivity index is 1.41. The first-order valence-electron chi connectivity index (χ1n) is 10.2. The van der Waals surface area contributed by atoms with Gasteiger partial charge in [-0.05, 0) is 40.3 Å². The Hall–Kier alpha value is -2.65. The Kier molecular flexibility index (Phi) is 8.04. The van der Waals surface area contributed by atoms with Crippen LogP contribution >= 0.6 is 11.3 Å². The fraction of sp³-hybridized carbons (Fsp3) is 0.476. The molecule has 0 radical (unpaired) electrons. The summed E-state index contributed by atoms with van der Waals surface area (Å²) in [5.74, 6) is 0.522. The summed E-state index contributed by atoms with van der Waals surface area (Å²) in [5.41, 5.74) is 3.14. The maximum absolute atomic E-state index is 12.4. The Morgan fingerprint density at radius 2 is 2.00 bits per heavy atom. The largest absolute Gasteiger partial charge is 0.356 e. The lowest BCUT2D eigenvalue weighted by Crippen LogP contribution is -2.20. The molecule has 0 aliphatic rings. The van der Waals surface area contributed by atoms with Crippen LogP contribution in [-0.2, 0) is 19.4 Å². The number of nitrogens with zero attached hydrogens (tertiary/aromatic N) is 5. The SMILES string of the molecule is Cc1nc(NCCCCCc2csc(CN(C)C)n2)[nH]c(=O)c1Cc1cnccn1. The summed E-state index contributed by atoms with van der Waals surface area (Å²) >= 11 is 1.73. The van der Waals surface area contributed by atoms with Crippen molar-refractivity contribution in [2.75, 3.05) is 26.0 Å². The zero-order chi connectivity index (χ0) is 21.3. The van der Waals surface area contributed by atoms with Crippen molar-refractivity contribution in [2.45, 2.75) is 45.6 Å². The van der Waals surface area contributed by atoms with Gasteiger partial charge in [0.1, 0.15) is 5.01 Å². The average Bonchev–Trinajstić information content (AvgIpc) is 3.14. The maximum Gasteiger partial charge on any atom is 0.256 e. The van der Waals surface area contributed by atoms with Crippen LogP contribution in [0.15, 0.2) is 28.8 Å². The normalized spacial score (nSPS) is 11.2. The first-order chi connectivity index (χ1) is 14.5. The van der Waals surface area contributed by atoms with E-state index in [2.05, 4.69) is 54.6 Å². The van der Waals surface area contributed by atoms with Crippen LogP contribution in [0.4, 0.5) is 5.95 Å². The van der Waals surface area contributed by atoms with E-state index in [0.29, 0.717) is 23.6 Å². The quantitative estimate of drug-likeness (QED) is 0.454. The molecule has 0 fully saturated rings. The molecular formula is C21H29N7OS. The molecule has 3 aromatic rings. The average molecular weight is 428 g/mol. The van der Waals surface area contributed by atoms with Crippen LogP contribution in [0.2, 0.25) is 0 Å². The van der Waals surface area contributed by atoms with Crippen LogP contribution in [0.25, 0.3) is 0 Å². The number of rotatable bonds is 11. The van der Waals surface area contributed by atoms with Gasteiger partial charge in [-0.2, -0.15) is 0 Å². The third-order valence-corrected chi connectivity index (χ3v) is 5.53. The highest BCUT2D eigenvalue weighted by atomic mass is 32.1. The van der Waals surface area contributed by atoms with E-state index in [0.717, 1.165) is 44.5 Å². The zero-order valence-corrected chi connectivity index (χ0v) is 18.6. The van der Waals surface area contributed by atoms with Crippen molar-refractivity contribution in [3.8, 4) is 0 Å². The van der Waals surface area contributed by atoms with Crippen LogP contribution in [0, 0.1) is 6.92 Å². The highest BCUT2D eigenvalue weighted by molar-refractivity contribution is 7.09. The number of thiazole rings is 1. The summed E-state index contributed by atoms with van der Waals surface area (Å²) in [6.45, 7) is 3.52. The topological polar surface area (TPSA) is 99.7 Å². The molecular weight excluding hydrogens is 398 g/mol. The molecule has 0 spiro atoms. The van der Waals surface area contributed by atoms with E-state index < -0.39 is 0 Å². The van der Waals surface area contributed by atoms with Gasteiger partial charge >= 0.3 is 0 Å². The summed E-state index contributed by atoms with van der Waals surface area (Å²) in [7, 11) is 4.12. The van der Waals surface area contributed by atoms with Gasteiger partial charge in [0.2, 0.25) is 5.95 Å². The first kappa shape index (κ1) is 22.0. The molecule has 0 saturated heterocycles. The van der Waals surface area contributed by atoms with Crippen LogP contribution in [-0.4, -0.2) is 50.5 Å². The fourth-order valence-corrected chi connectivity index (χ4v) is 4.07. The van der Waals surface area contributed by atoms with E-state index in [-0.39, 0.29) is 5.56 Å². The lowest BCUT2D eigenvalue weighted by molar-refractivity contribution is 0.401. The molecule has 30 heavy (non-hydrogen) atoms. The third-order valence-electron chi connectivity index (χ3n) is 4.65. The smallest absolute Gasteiger partial charge is 0.256 e. The molecule has 2 N–H and O–H groups in total. The van der Waals surface area contributed by atoms with Crippen molar-refractivity contribution in [1.29, 1.82) is 0 Å². The molecule has 0 atom stereocenters. The molecule has 8 nitrogen and oxygen atoms in total. The van der Waals surface area contributed by atoms with Crippen LogP contribution in [0.5, 0.6) is 0 Å². The van der Waals surface area contributed by atoms with Crippen LogP contribution in [0.3, 0.4) is 0 Å². The minimum atomic E-state index is -0.132. The number of aromatic amines is 1. The molecule has 0 aliphatic carbocycles. The van der Waals surface area contributed by atoms with Gasteiger partial charge < -0.3 is 10.2 Å². The highest BCUT2D eigenvalue weighted by Crippen LogP contribution is 2.14. The maximum atomic E-state index is 12.4. The number of unbranched alkanes of at least 4 members (excludes halogenated alkanes) is 2. The number of aryl methyl sites for hydroxylation is 2. The van der Waals surface area contributed by atoms with Gasteiger partial charge in [-0.1, -0.05) is 6.42 Å². The Morgan fingerprint density at radius 3 is 2.73 bits per heavy atom. The monoisotopic (exact) mass is 427 g/mol. The van der Waals surface area contributed by atoms with Gasteiger partial charge in [-0.3, -0.25) is 19.7 Å². The molecule has 0 aromatic carbocycles. The fourth-order valence-electron chi connectivity index (χ4n) is 3.13. The Labute approximate surface area is 180 Å². The molecule has 3 rings (SSSR count). The molecule has 0 unspecified atom stereocenters. The van der Waals surface area contributed by atoms with E-state index in [1.54, 1.807) is 29.9 Å². The zero-order valence-electron chi connectivity index (χ0n) is 17.8. The second kappa shape index (κ2) is 10.9. The summed E-state index contributed by atoms with van der Waals surface area (Å²) < 4.78 is 0. The Morgan fingerprint density at radius 1 is 1.13 bits per heavy atom. The lowest BCUT2D eigenvalue weighted by Gasteiger charge is -2.09. The molecule has 0 saturated carbocycles. The van der Waals surface area contributed by atoms with Crippen molar-refractivity contribution < 1.29 is 0 Å². The van der Waals surface area contributed by atoms with Crippen molar-refractivity contribution >= 4 is 17.3 Å². The number of H-pyrrole nitrogens is 1. The molecule has 9 heteroatoms. The van der Waals surface area contributed by atoms with Gasteiger partial charge in [-0.25, -0.2) is 9.97 Å². The van der Waals surface area contributed by atoms with Crippen molar-refractivity contribution in [2.24, 2.45) is 0 Å². The summed E-state index contributed by atoms with van der Waals surface area (Å²) in [4.78, 5) is 34.8. The minimum absolute atomic E-state index is 0.132. The van der Waals surface area contributed by atoms with Crippen LogP contribution in [0.1, 0.15) is 46.9 Å². The Bertz CT molecular complexity index is 985. The number of hydrogen-bond acceptors (Lipinski definition) is 8. The predicted molar refractivity (Wildman–Crippen MR) is 120 cm³/mol. The summed E-state index contributed by atoms with van der Waals surface area (Å²) in [6, 6.07) is 0. The van der Waals surface area contributed by atoms with Crippen molar-refractivity contribution in [3.05, 3.63) is 62.0 Å². The van der Waals surface area contributed by atoms with E-state index in [9.17, 15) is 4.79 Å². The highest BCUT2D eigenvalue weighted by Gasteiger charge is 2.10. The van der Waals surface area contributed by atoms with Gasteiger partial charge in [0.05, 0.1) is 17.1 Å². The van der Waals surface area contributed by atoms with Gasteiger partial charge in [0.15, 0.2) is 0 Å². The van der Waals surface area contributed by atoms with Gasteiger partial charge in [0.25, 0.3) is 5.56 Å². The van der Waals surface area contributed by atoms with Gasteiger partial charge in [-0.15, -0.1) is 11.3 Å². The first-order valence-corrected chi connectivity index (χ1v) is 11.1. The number of aromatic nitrogens is 5.